The Bertz CT molecular complexity index is 688. The highest BCUT2D eigenvalue weighted by atomic mass is 32.2. The summed E-state index contributed by atoms with van der Waals surface area (Å²) in [6.07, 6.45) is 0.691. The number of nitrogens with zero attached hydrogens (tertiary/aromatic N) is 2. The van der Waals surface area contributed by atoms with Gasteiger partial charge in [0.1, 0.15) is 0 Å². The molecule has 0 saturated carbocycles. The van der Waals surface area contributed by atoms with Crippen molar-refractivity contribution in [3.63, 3.8) is 0 Å². The maximum absolute atomic E-state index is 12.1. The van der Waals surface area contributed by atoms with Crippen molar-refractivity contribution in [3.05, 3.63) is 0 Å². The average molecular weight is 487 g/mol. The van der Waals surface area contributed by atoms with Crippen molar-refractivity contribution >= 4 is 47.2 Å². The number of likely N-dealkylation sites (tertiary alicyclic amines) is 2. The minimum atomic E-state index is -0.401. The maximum Gasteiger partial charge on any atom is 0.243 e. The molecular formula is C24H42N2O4S2. The molecule has 0 radical (unpaired) electrons. The average Bonchev–Trinajstić information content (AvgIpc) is 2.91. The molecule has 0 aliphatic carbocycles. The van der Waals surface area contributed by atoms with Gasteiger partial charge in [-0.15, -0.1) is 23.5 Å². The van der Waals surface area contributed by atoms with Crippen molar-refractivity contribution in [1.29, 1.82) is 0 Å². The molecule has 2 rings (SSSR count). The Labute approximate surface area is 203 Å². The molecule has 0 spiro atoms. The molecule has 0 aromatic carbocycles. The van der Waals surface area contributed by atoms with Gasteiger partial charge < -0.3 is 0 Å². The molecule has 2 aliphatic rings. The van der Waals surface area contributed by atoms with Gasteiger partial charge in [0.25, 0.3) is 0 Å². The van der Waals surface area contributed by atoms with Gasteiger partial charge in [-0.2, -0.15) is 0 Å². The van der Waals surface area contributed by atoms with Gasteiger partial charge in [0, 0.05) is 33.4 Å². The molecule has 0 N–H and O–H groups in total. The summed E-state index contributed by atoms with van der Waals surface area (Å²) >= 11 is 3.17. The van der Waals surface area contributed by atoms with E-state index < -0.39 is 11.1 Å². The lowest BCUT2D eigenvalue weighted by molar-refractivity contribution is -0.145. The Morgan fingerprint density at radius 1 is 0.562 bits per heavy atom. The minimum Gasteiger partial charge on any atom is -0.276 e. The first-order valence-corrected chi connectivity index (χ1v) is 12.9. The number of thioether (sulfide) groups is 2. The second kappa shape index (κ2) is 9.69. The number of hydrogen-bond donors (Lipinski definition) is 0. The van der Waals surface area contributed by atoms with Crippen molar-refractivity contribution in [1.82, 2.24) is 9.80 Å². The quantitative estimate of drug-likeness (QED) is 0.518. The number of hydrogen-bond acceptors (Lipinski definition) is 6. The second-order valence-electron chi connectivity index (χ2n) is 12.3. The molecule has 0 bridgehead atoms. The van der Waals surface area contributed by atoms with Crippen LogP contribution in [0.2, 0.25) is 0 Å². The summed E-state index contributed by atoms with van der Waals surface area (Å²) in [6, 6.07) is 0. The smallest absolute Gasteiger partial charge is 0.243 e. The SMILES string of the molecule is CC(C)(C)SC1CC(=O)N(C(C)(C)C)C1=O.CC(C)(C)SC1CC(=O)N(C(C)(C)C)C1=O. The highest BCUT2D eigenvalue weighted by Crippen LogP contribution is 2.38. The molecule has 2 fully saturated rings. The van der Waals surface area contributed by atoms with Crippen LogP contribution < -0.4 is 0 Å². The van der Waals surface area contributed by atoms with Crippen molar-refractivity contribution in [2.24, 2.45) is 0 Å². The van der Waals surface area contributed by atoms with Crippen molar-refractivity contribution in [2.75, 3.05) is 0 Å². The van der Waals surface area contributed by atoms with Crippen molar-refractivity contribution < 1.29 is 19.2 Å². The molecule has 8 heteroatoms. The van der Waals surface area contributed by atoms with Crippen LogP contribution in [-0.2, 0) is 19.2 Å². The largest absolute Gasteiger partial charge is 0.276 e. The van der Waals surface area contributed by atoms with Gasteiger partial charge in [0.05, 0.1) is 10.5 Å². The summed E-state index contributed by atoms with van der Waals surface area (Å²) in [6.45, 7) is 23.8. The monoisotopic (exact) mass is 486 g/mol. The highest BCUT2D eigenvalue weighted by Gasteiger charge is 2.46. The van der Waals surface area contributed by atoms with E-state index in [-0.39, 0.29) is 43.6 Å². The first-order valence-electron chi connectivity index (χ1n) is 11.1. The van der Waals surface area contributed by atoms with E-state index in [0.29, 0.717) is 12.8 Å². The summed E-state index contributed by atoms with van der Waals surface area (Å²) in [5.74, 6) is -0.145. The third-order valence-electron chi connectivity index (χ3n) is 4.54. The van der Waals surface area contributed by atoms with Crippen molar-refractivity contribution in [3.8, 4) is 0 Å². The molecule has 6 nitrogen and oxygen atoms in total. The van der Waals surface area contributed by atoms with Crippen LogP contribution >= 0.6 is 23.5 Å². The van der Waals surface area contributed by atoms with Crippen LogP contribution in [0.5, 0.6) is 0 Å². The summed E-state index contributed by atoms with van der Waals surface area (Å²) < 4.78 is 0.0169. The fourth-order valence-corrected chi connectivity index (χ4v) is 6.23. The normalized spacial score (nSPS) is 23.1. The molecule has 0 aromatic heterocycles. The summed E-state index contributed by atoms with van der Waals surface area (Å²) in [4.78, 5) is 50.7. The number of carbonyl (C=O) groups excluding carboxylic acids is 4. The molecule has 0 aromatic rings. The molecule has 2 heterocycles. The Morgan fingerprint density at radius 2 is 0.812 bits per heavy atom. The Hall–Kier alpha value is -1.02. The third kappa shape index (κ3) is 8.08. The molecule has 2 unspecified atom stereocenters. The van der Waals surface area contributed by atoms with Gasteiger partial charge in [-0.3, -0.25) is 29.0 Å². The topological polar surface area (TPSA) is 74.8 Å². The summed E-state index contributed by atoms with van der Waals surface area (Å²) in [7, 11) is 0. The van der Waals surface area contributed by atoms with Gasteiger partial charge in [-0.05, 0) is 41.5 Å². The standard InChI is InChI=1S/2C12H21NO2S/c2*1-11(2,3)13-9(14)7-8(10(13)15)16-12(4,5)6/h2*8H,7H2,1-6H3. The first kappa shape index (κ1) is 29.0. The zero-order valence-electron chi connectivity index (χ0n) is 21.9. The maximum atomic E-state index is 12.1. The number of imide groups is 2. The lowest BCUT2D eigenvalue weighted by atomic mass is 10.1. The molecule has 4 amide bonds. The number of carbonyl (C=O) groups is 4. The van der Waals surface area contributed by atoms with Crippen LogP contribution in [0, 0.1) is 0 Å². The van der Waals surface area contributed by atoms with Crippen LogP contribution in [0.4, 0.5) is 0 Å². The van der Waals surface area contributed by atoms with E-state index in [0.717, 1.165) is 0 Å². The van der Waals surface area contributed by atoms with Gasteiger partial charge in [-0.25, -0.2) is 0 Å². The van der Waals surface area contributed by atoms with Gasteiger partial charge in [0.2, 0.25) is 23.6 Å². The fourth-order valence-electron chi connectivity index (χ4n) is 3.66. The second-order valence-corrected chi connectivity index (χ2v) is 16.4. The molecule has 32 heavy (non-hydrogen) atoms. The van der Waals surface area contributed by atoms with Crippen LogP contribution in [0.15, 0.2) is 0 Å². The van der Waals surface area contributed by atoms with E-state index in [1.807, 2.05) is 41.5 Å². The highest BCUT2D eigenvalue weighted by molar-refractivity contribution is 8.02. The predicted molar refractivity (Wildman–Crippen MR) is 135 cm³/mol. The van der Waals surface area contributed by atoms with E-state index in [2.05, 4.69) is 41.5 Å². The molecule has 2 atom stereocenters. The molecular weight excluding hydrogens is 444 g/mol. The van der Waals surface area contributed by atoms with Crippen LogP contribution in [0.3, 0.4) is 0 Å². The summed E-state index contributed by atoms with van der Waals surface area (Å²) in [5, 5.41) is -0.404. The molecule has 2 aliphatic heterocycles. The lowest BCUT2D eigenvalue weighted by Gasteiger charge is -2.30. The van der Waals surface area contributed by atoms with Gasteiger partial charge >= 0.3 is 0 Å². The number of rotatable bonds is 2. The van der Waals surface area contributed by atoms with Crippen LogP contribution in [0.25, 0.3) is 0 Å². The number of amides is 4. The van der Waals surface area contributed by atoms with E-state index in [9.17, 15) is 19.2 Å². The lowest BCUT2D eigenvalue weighted by Crippen LogP contribution is -2.46. The van der Waals surface area contributed by atoms with Crippen LogP contribution in [0.1, 0.15) is 95.9 Å². The van der Waals surface area contributed by atoms with E-state index in [1.54, 1.807) is 23.5 Å². The molecule has 184 valence electrons. The summed E-state index contributed by atoms with van der Waals surface area (Å²) in [5.41, 5.74) is -0.803. The molecule has 2 saturated heterocycles. The van der Waals surface area contributed by atoms with Gasteiger partial charge in [0.15, 0.2) is 0 Å². The Kier molecular flexibility index (Phi) is 8.78. The predicted octanol–water partition coefficient (Wildman–Crippen LogP) is 4.89. The van der Waals surface area contributed by atoms with E-state index in [4.69, 9.17) is 0 Å². The van der Waals surface area contributed by atoms with Crippen LogP contribution in [-0.4, -0.2) is 64.5 Å². The fraction of sp³-hybridized carbons (Fsp3) is 0.833. The van der Waals surface area contributed by atoms with E-state index >= 15 is 0 Å². The zero-order chi connectivity index (χ0) is 25.4. The Morgan fingerprint density at radius 3 is 0.969 bits per heavy atom. The zero-order valence-corrected chi connectivity index (χ0v) is 23.5. The van der Waals surface area contributed by atoms with Gasteiger partial charge in [-0.1, -0.05) is 41.5 Å². The third-order valence-corrected chi connectivity index (χ3v) is 7.26. The van der Waals surface area contributed by atoms with Crippen molar-refractivity contribution in [2.45, 2.75) is 127 Å². The van der Waals surface area contributed by atoms with E-state index in [1.165, 1.54) is 9.80 Å². The Balaban J connectivity index is 0.000000320. The first-order chi connectivity index (χ1) is 14.0. The minimum absolute atomic E-state index is 0.00843.